The molecule has 1 aliphatic carbocycles. The lowest BCUT2D eigenvalue weighted by atomic mass is 10.1. The number of halogens is 3. The van der Waals surface area contributed by atoms with Gasteiger partial charge in [-0.3, -0.25) is 4.79 Å². The molecule has 1 aliphatic rings. The second-order valence-corrected chi connectivity index (χ2v) is 6.79. The molecule has 0 aliphatic heterocycles. The molecule has 0 bridgehead atoms. The van der Waals surface area contributed by atoms with Crippen molar-refractivity contribution in [2.24, 2.45) is 0 Å². The molecule has 0 heterocycles. The molecule has 0 N–H and O–H groups in total. The maximum atomic E-state index is 12.6. The summed E-state index contributed by atoms with van der Waals surface area (Å²) in [6.07, 6.45) is -1.84. The average molecular weight is 331 g/mol. The number of alkyl halides is 3. The number of hydrogen-bond donors (Lipinski definition) is 0. The van der Waals surface area contributed by atoms with E-state index in [0.717, 1.165) is 42.0 Å². The lowest BCUT2D eigenvalue weighted by Crippen LogP contribution is -2.32. The molecule has 0 atom stereocenters. The molecule has 0 radical (unpaired) electrons. The van der Waals surface area contributed by atoms with Crippen LogP contribution in [0.25, 0.3) is 0 Å². The van der Waals surface area contributed by atoms with Crippen LogP contribution in [0.5, 0.6) is 0 Å². The van der Waals surface area contributed by atoms with Crippen LogP contribution in [-0.2, 0) is 17.5 Å². The average Bonchev–Trinajstić information content (AvgIpc) is 3.29. The van der Waals surface area contributed by atoms with E-state index < -0.39 is 11.7 Å². The molecule has 1 aromatic carbocycles. The predicted molar refractivity (Wildman–Crippen MR) is 82.6 cm³/mol. The molecule has 1 fully saturated rings. The molecule has 0 spiro atoms. The summed E-state index contributed by atoms with van der Waals surface area (Å²) in [5.41, 5.74) is 0.0938. The lowest BCUT2D eigenvalue weighted by Gasteiger charge is -2.23. The summed E-state index contributed by atoms with van der Waals surface area (Å²) in [5, 5.41) is 0. The Labute approximate surface area is 133 Å². The molecule has 0 aromatic heterocycles. The van der Waals surface area contributed by atoms with Crippen molar-refractivity contribution in [3.63, 3.8) is 0 Å². The van der Waals surface area contributed by atoms with Crippen LogP contribution < -0.4 is 0 Å². The van der Waals surface area contributed by atoms with Crippen LogP contribution in [0.1, 0.15) is 37.3 Å². The third kappa shape index (κ3) is 4.93. The van der Waals surface area contributed by atoms with Crippen molar-refractivity contribution in [1.82, 2.24) is 4.90 Å². The summed E-state index contributed by atoms with van der Waals surface area (Å²) in [7, 11) is 0. The molecular weight excluding hydrogens is 311 g/mol. The van der Waals surface area contributed by atoms with Crippen molar-refractivity contribution in [3.05, 3.63) is 35.4 Å². The Morgan fingerprint density at radius 1 is 1.27 bits per heavy atom. The number of carbonyl (C=O) groups is 1. The highest BCUT2D eigenvalue weighted by molar-refractivity contribution is 7.99. The number of carbonyl (C=O) groups excluding carboxylic acids is 1. The highest BCUT2D eigenvalue weighted by atomic mass is 32.2. The third-order valence-electron chi connectivity index (χ3n) is 3.61. The SMILES string of the molecule is CCSCCC(=O)N(Cc1ccc(C(F)(F)F)cc1)C1CC1. The molecule has 1 saturated carbocycles. The second kappa shape index (κ2) is 7.40. The minimum absolute atomic E-state index is 0.100. The fourth-order valence-corrected chi connectivity index (χ4v) is 2.86. The van der Waals surface area contributed by atoms with E-state index in [4.69, 9.17) is 0 Å². The van der Waals surface area contributed by atoms with E-state index in [0.29, 0.717) is 13.0 Å². The quantitative estimate of drug-likeness (QED) is 0.693. The van der Waals surface area contributed by atoms with Gasteiger partial charge in [-0.2, -0.15) is 24.9 Å². The first-order chi connectivity index (χ1) is 10.4. The molecule has 122 valence electrons. The van der Waals surface area contributed by atoms with Gasteiger partial charge >= 0.3 is 6.18 Å². The number of rotatable bonds is 7. The number of thioether (sulfide) groups is 1. The zero-order valence-electron chi connectivity index (χ0n) is 12.5. The Bertz CT molecular complexity index is 497. The Balaban J connectivity index is 1.97. The maximum Gasteiger partial charge on any atom is 0.416 e. The first-order valence-corrected chi connectivity index (χ1v) is 8.60. The van der Waals surface area contributed by atoms with Gasteiger partial charge in [0.2, 0.25) is 5.91 Å². The predicted octanol–water partition coefficient (Wildman–Crippen LogP) is 4.34. The van der Waals surface area contributed by atoms with E-state index in [-0.39, 0.29) is 11.9 Å². The van der Waals surface area contributed by atoms with E-state index in [9.17, 15) is 18.0 Å². The van der Waals surface area contributed by atoms with Crippen LogP contribution in [0.2, 0.25) is 0 Å². The van der Waals surface area contributed by atoms with Gasteiger partial charge in [-0.1, -0.05) is 19.1 Å². The standard InChI is InChI=1S/C16H20F3NOS/c1-2-22-10-9-15(21)20(14-7-8-14)11-12-3-5-13(6-4-12)16(17,18)19/h3-6,14H,2,7-11H2,1H3. The van der Waals surface area contributed by atoms with E-state index >= 15 is 0 Å². The van der Waals surface area contributed by atoms with Gasteiger partial charge in [0, 0.05) is 24.8 Å². The number of nitrogens with zero attached hydrogens (tertiary/aromatic N) is 1. The maximum absolute atomic E-state index is 12.6. The molecular formula is C16H20F3NOS. The summed E-state index contributed by atoms with van der Waals surface area (Å²) >= 11 is 1.72. The molecule has 0 unspecified atom stereocenters. The zero-order chi connectivity index (χ0) is 16.2. The van der Waals surface area contributed by atoms with E-state index in [1.54, 1.807) is 11.8 Å². The highest BCUT2D eigenvalue weighted by Crippen LogP contribution is 2.31. The largest absolute Gasteiger partial charge is 0.416 e. The van der Waals surface area contributed by atoms with Crippen molar-refractivity contribution >= 4 is 17.7 Å². The minimum Gasteiger partial charge on any atom is -0.335 e. The first kappa shape index (κ1) is 17.2. The molecule has 22 heavy (non-hydrogen) atoms. The van der Waals surface area contributed by atoms with Crippen LogP contribution in [0.15, 0.2) is 24.3 Å². The number of benzene rings is 1. The van der Waals surface area contributed by atoms with Gasteiger partial charge in [0.1, 0.15) is 0 Å². The van der Waals surface area contributed by atoms with Gasteiger partial charge < -0.3 is 4.90 Å². The van der Waals surface area contributed by atoms with Gasteiger partial charge in [-0.15, -0.1) is 0 Å². The fourth-order valence-electron chi connectivity index (χ4n) is 2.25. The zero-order valence-corrected chi connectivity index (χ0v) is 13.3. The Morgan fingerprint density at radius 3 is 2.41 bits per heavy atom. The molecule has 6 heteroatoms. The van der Waals surface area contributed by atoms with E-state index in [1.165, 1.54) is 12.1 Å². The smallest absolute Gasteiger partial charge is 0.335 e. The highest BCUT2D eigenvalue weighted by Gasteiger charge is 2.33. The normalized spacial score (nSPS) is 14.9. The lowest BCUT2D eigenvalue weighted by molar-refractivity contribution is -0.137. The Hall–Kier alpha value is -1.17. The van der Waals surface area contributed by atoms with Gasteiger partial charge in [0.25, 0.3) is 0 Å². The summed E-state index contributed by atoms with van der Waals surface area (Å²) in [4.78, 5) is 14.1. The molecule has 1 amide bonds. The van der Waals surface area contributed by atoms with Crippen LogP contribution in [0, 0.1) is 0 Å². The van der Waals surface area contributed by atoms with Crippen molar-refractivity contribution in [3.8, 4) is 0 Å². The van der Waals surface area contributed by atoms with E-state index in [2.05, 4.69) is 6.92 Å². The number of hydrogen-bond acceptors (Lipinski definition) is 2. The van der Waals surface area contributed by atoms with Crippen molar-refractivity contribution in [2.75, 3.05) is 11.5 Å². The summed E-state index contributed by atoms with van der Waals surface area (Å²) < 4.78 is 37.7. The third-order valence-corrected chi connectivity index (χ3v) is 4.51. The molecule has 2 nitrogen and oxygen atoms in total. The topological polar surface area (TPSA) is 20.3 Å². The monoisotopic (exact) mass is 331 g/mol. The van der Waals surface area contributed by atoms with Crippen molar-refractivity contribution in [2.45, 2.75) is 44.9 Å². The van der Waals surface area contributed by atoms with Crippen LogP contribution in [0.4, 0.5) is 13.2 Å². The van der Waals surface area contributed by atoms with Crippen LogP contribution in [0.3, 0.4) is 0 Å². The summed E-state index contributed by atoms with van der Waals surface area (Å²) in [5.74, 6) is 1.88. The van der Waals surface area contributed by atoms with Gasteiger partial charge in [0.15, 0.2) is 0 Å². The Morgan fingerprint density at radius 2 is 1.91 bits per heavy atom. The molecule has 1 aromatic rings. The Kier molecular flexibility index (Phi) is 5.78. The molecule has 2 rings (SSSR count). The summed E-state index contributed by atoms with van der Waals surface area (Å²) in [6.45, 7) is 2.45. The van der Waals surface area contributed by atoms with Gasteiger partial charge in [-0.05, 0) is 36.3 Å². The van der Waals surface area contributed by atoms with Crippen molar-refractivity contribution in [1.29, 1.82) is 0 Å². The van der Waals surface area contributed by atoms with E-state index in [1.807, 2.05) is 4.90 Å². The van der Waals surface area contributed by atoms with Crippen molar-refractivity contribution < 1.29 is 18.0 Å². The van der Waals surface area contributed by atoms with Crippen LogP contribution >= 0.6 is 11.8 Å². The van der Waals surface area contributed by atoms with Gasteiger partial charge in [-0.25, -0.2) is 0 Å². The minimum atomic E-state index is -4.32. The number of amides is 1. The second-order valence-electron chi connectivity index (χ2n) is 5.39. The first-order valence-electron chi connectivity index (χ1n) is 7.45. The van der Waals surface area contributed by atoms with Gasteiger partial charge in [0.05, 0.1) is 5.56 Å². The molecule has 0 saturated heterocycles. The fraction of sp³-hybridized carbons (Fsp3) is 0.562. The summed E-state index contributed by atoms with van der Waals surface area (Å²) in [6, 6.07) is 5.36. The van der Waals surface area contributed by atoms with Crippen LogP contribution in [-0.4, -0.2) is 28.4 Å².